The minimum atomic E-state index is -0.847. The largest absolute Gasteiger partial charge is 0.466 e. The smallest absolute Gasteiger partial charge is 0.305 e. The van der Waals surface area contributed by atoms with Crippen molar-refractivity contribution in [2.45, 2.75) is 450 Å². The number of aliphatic hydroxyl groups is 2. The molecule has 0 fully saturated rings. The number of unbranched alkanes of at least 4 members (excludes halogenated alkanes) is 57. The molecule has 2 unspecified atom stereocenters. The van der Waals surface area contributed by atoms with E-state index in [1.807, 2.05) is 6.08 Å². The van der Waals surface area contributed by atoms with Gasteiger partial charge >= 0.3 is 5.97 Å². The van der Waals surface area contributed by atoms with Crippen molar-refractivity contribution in [2.75, 3.05) is 13.2 Å². The number of ether oxygens (including phenoxy) is 1. The van der Waals surface area contributed by atoms with Crippen molar-refractivity contribution in [1.82, 2.24) is 5.32 Å². The normalized spacial score (nSPS) is 12.8. The number of nitrogens with one attached hydrogen (secondary N) is 1. The number of rotatable bonds is 76. The van der Waals surface area contributed by atoms with E-state index in [0.29, 0.717) is 19.4 Å². The number of allylic oxidation sites excluding steroid dienone is 9. The van der Waals surface area contributed by atoms with E-state index in [0.717, 1.165) is 57.8 Å². The summed E-state index contributed by atoms with van der Waals surface area (Å²) in [4.78, 5) is 24.7. The molecule has 528 valence electrons. The monoisotopic (exact) mass is 1260 g/mol. The highest BCUT2D eigenvalue weighted by molar-refractivity contribution is 5.76. The van der Waals surface area contributed by atoms with Crippen molar-refractivity contribution < 1.29 is 24.5 Å². The SMILES string of the molecule is CCCCC/C=C\C/C=C\CCCCCCCCCCCC(=O)OCCCCCCCCCCC/C=C\C/C=C\CCCCCCCCCCCCCCCCCC(=O)NC(CO)C(O)/C=C/CCCCCCCCCCCCCCCCCCCCCCC. The molecule has 0 aliphatic heterocycles. The Hall–Kier alpha value is -2.44. The van der Waals surface area contributed by atoms with E-state index >= 15 is 0 Å². The standard InChI is InChI=1S/C84H157NO5/c1-3-5-7-9-11-13-15-17-19-21-23-24-34-37-41-44-48-52-56-60-64-68-72-76-82(87)81(80-86)85-83(88)77-73-69-65-61-57-53-49-45-42-38-35-32-30-28-26-25-27-29-31-33-36-39-43-47-51-55-59-63-67-71-75-79-90-84(89)78-74-70-66-62-58-54-50-46-40-22-20-18-16-14-12-10-8-6-4-2/h12,14,18,20,27,29,33,36,72,76,81-82,86-87H,3-11,13,15-17,19,21-26,28,30-32,34-35,37-71,73-75,77-80H2,1-2H3,(H,85,88)/b14-12-,20-18-,29-27-,36-33-,76-72+. The van der Waals surface area contributed by atoms with Crippen LogP contribution in [0, 0.1) is 0 Å². The van der Waals surface area contributed by atoms with E-state index in [1.165, 1.54) is 353 Å². The van der Waals surface area contributed by atoms with Gasteiger partial charge in [-0.15, -0.1) is 0 Å². The molecule has 0 aromatic rings. The zero-order valence-corrected chi connectivity index (χ0v) is 60.6. The van der Waals surface area contributed by atoms with Gasteiger partial charge in [0.05, 0.1) is 25.4 Å². The molecule has 6 nitrogen and oxygen atoms in total. The van der Waals surface area contributed by atoms with Crippen molar-refractivity contribution in [2.24, 2.45) is 0 Å². The molecule has 0 bridgehead atoms. The summed E-state index contributed by atoms with van der Waals surface area (Å²) in [7, 11) is 0. The first-order valence-corrected chi connectivity index (χ1v) is 40.6. The number of hydrogen-bond donors (Lipinski definition) is 3. The Labute approximate surface area is 562 Å². The first kappa shape index (κ1) is 87.6. The molecule has 1 amide bonds. The number of carbonyl (C=O) groups is 2. The van der Waals surface area contributed by atoms with Crippen LogP contribution >= 0.6 is 0 Å². The molecule has 2 atom stereocenters. The van der Waals surface area contributed by atoms with E-state index in [9.17, 15) is 19.8 Å². The summed E-state index contributed by atoms with van der Waals surface area (Å²) in [6, 6.07) is -0.630. The molecule has 0 rings (SSSR count). The molecular weight excluding hydrogens is 1100 g/mol. The predicted molar refractivity (Wildman–Crippen MR) is 398 cm³/mol. The van der Waals surface area contributed by atoms with Crippen molar-refractivity contribution >= 4 is 11.9 Å². The molecule has 0 aliphatic rings. The number of esters is 1. The first-order valence-electron chi connectivity index (χ1n) is 40.6. The second kappa shape index (κ2) is 79.0. The molecule has 0 spiro atoms. The van der Waals surface area contributed by atoms with E-state index in [2.05, 4.69) is 67.8 Å². The summed E-state index contributed by atoms with van der Waals surface area (Å²) in [6.07, 6.45) is 106. The van der Waals surface area contributed by atoms with E-state index in [4.69, 9.17) is 4.74 Å². The summed E-state index contributed by atoms with van der Waals surface area (Å²) in [5, 5.41) is 23.3. The molecule has 0 heterocycles. The maximum atomic E-state index is 12.6. The lowest BCUT2D eigenvalue weighted by Crippen LogP contribution is -2.45. The quantitative estimate of drug-likeness (QED) is 0.0320. The molecule has 0 aromatic carbocycles. The Morgan fingerprint density at radius 3 is 0.867 bits per heavy atom. The molecule has 0 radical (unpaired) electrons. The Kier molecular flexibility index (Phi) is 76.9. The number of aliphatic hydroxyl groups excluding tert-OH is 2. The summed E-state index contributed by atoms with van der Waals surface area (Å²) in [6.45, 7) is 4.92. The van der Waals surface area contributed by atoms with E-state index in [1.54, 1.807) is 6.08 Å². The van der Waals surface area contributed by atoms with Crippen LogP contribution < -0.4 is 5.32 Å². The highest BCUT2D eigenvalue weighted by Crippen LogP contribution is 2.19. The molecule has 0 saturated heterocycles. The maximum absolute atomic E-state index is 12.6. The minimum Gasteiger partial charge on any atom is -0.466 e. The Bertz CT molecular complexity index is 1550. The Morgan fingerprint density at radius 1 is 0.311 bits per heavy atom. The first-order chi connectivity index (χ1) is 44.5. The summed E-state index contributed by atoms with van der Waals surface area (Å²) in [5.41, 5.74) is 0. The van der Waals surface area contributed by atoms with Gasteiger partial charge in [-0.25, -0.2) is 0 Å². The van der Waals surface area contributed by atoms with Crippen molar-refractivity contribution in [1.29, 1.82) is 0 Å². The topological polar surface area (TPSA) is 95.9 Å². The van der Waals surface area contributed by atoms with Crippen LogP contribution in [0.5, 0.6) is 0 Å². The fourth-order valence-corrected chi connectivity index (χ4v) is 12.6. The van der Waals surface area contributed by atoms with Gasteiger partial charge in [-0.3, -0.25) is 9.59 Å². The van der Waals surface area contributed by atoms with Gasteiger partial charge in [0, 0.05) is 12.8 Å². The van der Waals surface area contributed by atoms with E-state index in [-0.39, 0.29) is 18.5 Å². The Morgan fingerprint density at radius 2 is 0.556 bits per heavy atom. The molecule has 3 N–H and O–H groups in total. The van der Waals surface area contributed by atoms with Crippen LogP contribution in [0.25, 0.3) is 0 Å². The summed E-state index contributed by atoms with van der Waals surface area (Å²) in [5.74, 6) is -0.0538. The fraction of sp³-hybridized carbons (Fsp3) is 0.857. The average molecular weight is 1260 g/mol. The zero-order valence-electron chi connectivity index (χ0n) is 60.6. The van der Waals surface area contributed by atoms with Crippen LogP contribution in [0.3, 0.4) is 0 Å². The second-order valence-electron chi connectivity index (χ2n) is 27.7. The van der Waals surface area contributed by atoms with Crippen LogP contribution in [0.2, 0.25) is 0 Å². The van der Waals surface area contributed by atoms with Gasteiger partial charge in [0.15, 0.2) is 0 Å². The van der Waals surface area contributed by atoms with Gasteiger partial charge in [0.2, 0.25) is 5.91 Å². The third-order valence-corrected chi connectivity index (χ3v) is 18.8. The van der Waals surface area contributed by atoms with Crippen LogP contribution in [0.4, 0.5) is 0 Å². The van der Waals surface area contributed by atoms with Crippen LogP contribution in [-0.4, -0.2) is 47.4 Å². The van der Waals surface area contributed by atoms with Gasteiger partial charge in [-0.05, 0) is 96.3 Å². The van der Waals surface area contributed by atoms with Gasteiger partial charge in [-0.2, -0.15) is 0 Å². The van der Waals surface area contributed by atoms with Crippen LogP contribution in [0.1, 0.15) is 438 Å². The van der Waals surface area contributed by atoms with Gasteiger partial charge < -0.3 is 20.3 Å². The average Bonchev–Trinajstić information content (AvgIpc) is 3.59. The highest BCUT2D eigenvalue weighted by atomic mass is 16.5. The van der Waals surface area contributed by atoms with Gasteiger partial charge in [-0.1, -0.05) is 389 Å². The van der Waals surface area contributed by atoms with Crippen LogP contribution in [0.15, 0.2) is 60.8 Å². The molecule has 6 heteroatoms. The van der Waals surface area contributed by atoms with Crippen molar-refractivity contribution in [3.63, 3.8) is 0 Å². The lowest BCUT2D eigenvalue weighted by atomic mass is 10.0. The van der Waals surface area contributed by atoms with Crippen LogP contribution in [-0.2, 0) is 14.3 Å². The number of carbonyl (C=O) groups excluding carboxylic acids is 2. The molecular formula is C84H157NO5. The van der Waals surface area contributed by atoms with Gasteiger partial charge in [0.1, 0.15) is 0 Å². The number of hydrogen-bond acceptors (Lipinski definition) is 5. The van der Waals surface area contributed by atoms with Gasteiger partial charge in [0.25, 0.3) is 0 Å². The summed E-state index contributed by atoms with van der Waals surface area (Å²) < 4.78 is 5.51. The second-order valence-corrected chi connectivity index (χ2v) is 27.7. The molecule has 90 heavy (non-hydrogen) atoms. The lowest BCUT2D eigenvalue weighted by molar-refractivity contribution is -0.143. The fourth-order valence-electron chi connectivity index (χ4n) is 12.6. The lowest BCUT2D eigenvalue weighted by Gasteiger charge is -2.20. The molecule has 0 saturated carbocycles. The number of amides is 1. The Balaban J connectivity index is 3.41. The van der Waals surface area contributed by atoms with E-state index < -0.39 is 12.1 Å². The summed E-state index contributed by atoms with van der Waals surface area (Å²) >= 11 is 0. The zero-order chi connectivity index (χ0) is 64.9. The highest BCUT2D eigenvalue weighted by Gasteiger charge is 2.18. The molecule has 0 aromatic heterocycles. The third kappa shape index (κ3) is 74.6. The third-order valence-electron chi connectivity index (χ3n) is 18.8. The van der Waals surface area contributed by atoms with Crippen molar-refractivity contribution in [3.8, 4) is 0 Å². The molecule has 0 aliphatic carbocycles. The predicted octanol–water partition coefficient (Wildman–Crippen LogP) is 26.9. The maximum Gasteiger partial charge on any atom is 0.305 e. The van der Waals surface area contributed by atoms with Crippen molar-refractivity contribution in [3.05, 3.63) is 60.8 Å². The minimum absolute atomic E-state index is 0.00948.